The van der Waals surface area contributed by atoms with Gasteiger partial charge in [-0.3, -0.25) is 9.59 Å². The van der Waals surface area contributed by atoms with E-state index in [1.165, 1.54) is 6.07 Å². The van der Waals surface area contributed by atoms with Crippen LogP contribution in [0.3, 0.4) is 0 Å². The normalized spacial score (nSPS) is 15.2. The number of pyridine rings is 1. The van der Waals surface area contributed by atoms with E-state index >= 15 is 0 Å². The number of amides is 1. The van der Waals surface area contributed by atoms with Gasteiger partial charge in [-0.15, -0.1) is 10.2 Å². The van der Waals surface area contributed by atoms with Gasteiger partial charge in [0.25, 0.3) is 5.91 Å². The molecule has 1 atom stereocenters. The number of carbonyl (C=O) groups excluding carboxylic acids is 1. The highest BCUT2D eigenvalue weighted by Crippen LogP contribution is 2.20. The first-order valence-electron chi connectivity index (χ1n) is 9.56. The van der Waals surface area contributed by atoms with Gasteiger partial charge < -0.3 is 19.2 Å². The van der Waals surface area contributed by atoms with Crippen LogP contribution in [0.5, 0.6) is 5.75 Å². The Hall–Kier alpha value is -3.42. The van der Waals surface area contributed by atoms with Crippen LogP contribution in [0.25, 0.3) is 0 Å². The van der Waals surface area contributed by atoms with Crippen LogP contribution in [-0.4, -0.2) is 31.8 Å². The molecule has 0 saturated carbocycles. The van der Waals surface area contributed by atoms with Crippen molar-refractivity contribution in [2.45, 2.75) is 26.5 Å². The van der Waals surface area contributed by atoms with Crippen molar-refractivity contribution in [2.24, 2.45) is 13.0 Å². The Balaban J connectivity index is 1.46. The van der Waals surface area contributed by atoms with E-state index in [4.69, 9.17) is 4.74 Å². The first-order chi connectivity index (χ1) is 14.0. The number of rotatable bonds is 6. The Kier molecular flexibility index (Phi) is 5.16. The average Bonchev–Trinajstić information content (AvgIpc) is 3.29. The highest BCUT2D eigenvalue weighted by Gasteiger charge is 2.26. The van der Waals surface area contributed by atoms with E-state index in [1.807, 2.05) is 37.3 Å². The largest absolute Gasteiger partial charge is 0.483 e. The van der Waals surface area contributed by atoms with Gasteiger partial charge in [-0.1, -0.05) is 30.3 Å². The highest BCUT2D eigenvalue weighted by molar-refractivity contribution is 5.95. The first-order valence-corrected chi connectivity index (χ1v) is 9.56. The summed E-state index contributed by atoms with van der Waals surface area (Å²) in [4.78, 5) is 25.3. The molecule has 4 rings (SSSR count). The molecule has 8 heteroatoms. The molecule has 8 nitrogen and oxygen atoms in total. The number of benzene rings is 1. The van der Waals surface area contributed by atoms with Crippen molar-refractivity contribution in [1.82, 2.24) is 24.6 Å². The fourth-order valence-electron chi connectivity index (χ4n) is 3.59. The van der Waals surface area contributed by atoms with Gasteiger partial charge in [0.05, 0.1) is 0 Å². The van der Waals surface area contributed by atoms with E-state index in [0.717, 1.165) is 30.2 Å². The molecule has 1 N–H and O–H groups in total. The maximum absolute atomic E-state index is 12.9. The van der Waals surface area contributed by atoms with Crippen LogP contribution in [0.1, 0.15) is 27.7 Å². The number of aromatic nitrogens is 4. The summed E-state index contributed by atoms with van der Waals surface area (Å²) in [5.74, 6) is 1.82. The third kappa shape index (κ3) is 3.91. The van der Waals surface area contributed by atoms with E-state index in [1.54, 1.807) is 17.8 Å². The predicted octanol–water partition coefficient (Wildman–Crippen LogP) is 1.47. The molecule has 2 aromatic heterocycles. The molecule has 0 spiro atoms. The SMILES string of the molecule is Cc1nnc2n1CC(CNC(=O)c1c(OCc3ccccc3)c(=O)ccn1C)C2. The van der Waals surface area contributed by atoms with E-state index in [0.29, 0.717) is 6.54 Å². The molecule has 29 heavy (non-hydrogen) atoms. The molecule has 1 unspecified atom stereocenters. The van der Waals surface area contributed by atoms with Gasteiger partial charge >= 0.3 is 0 Å². The Morgan fingerprint density at radius 1 is 1.24 bits per heavy atom. The fourth-order valence-corrected chi connectivity index (χ4v) is 3.59. The summed E-state index contributed by atoms with van der Waals surface area (Å²) < 4.78 is 9.45. The van der Waals surface area contributed by atoms with Gasteiger partial charge in [-0.2, -0.15) is 0 Å². The summed E-state index contributed by atoms with van der Waals surface area (Å²) in [7, 11) is 1.73. The van der Waals surface area contributed by atoms with Crippen LogP contribution in [0.2, 0.25) is 0 Å². The van der Waals surface area contributed by atoms with E-state index in [2.05, 4.69) is 20.1 Å². The van der Waals surface area contributed by atoms with E-state index in [9.17, 15) is 9.59 Å². The summed E-state index contributed by atoms with van der Waals surface area (Å²) in [6, 6.07) is 10.9. The molecule has 3 aromatic rings. The van der Waals surface area contributed by atoms with Crippen molar-refractivity contribution in [3.63, 3.8) is 0 Å². The van der Waals surface area contributed by atoms with Crippen LogP contribution in [-0.2, 0) is 26.6 Å². The standard InChI is InChI=1S/C21H23N5O3/c1-14-23-24-18-10-16(12-26(14)18)11-22-21(28)19-20(17(27)8-9-25(19)2)29-13-15-6-4-3-5-7-15/h3-9,16H,10-13H2,1-2H3,(H,22,28). The topological polar surface area (TPSA) is 91.0 Å². The van der Waals surface area contributed by atoms with Crippen LogP contribution in [0.15, 0.2) is 47.4 Å². The van der Waals surface area contributed by atoms with Crippen LogP contribution >= 0.6 is 0 Å². The smallest absolute Gasteiger partial charge is 0.271 e. The van der Waals surface area contributed by atoms with Gasteiger partial charge in [0, 0.05) is 44.7 Å². The maximum Gasteiger partial charge on any atom is 0.271 e. The molecular weight excluding hydrogens is 370 g/mol. The van der Waals surface area contributed by atoms with Crippen molar-refractivity contribution in [3.8, 4) is 5.75 Å². The number of hydrogen-bond acceptors (Lipinski definition) is 5. The zero-order valence-electron chi connectivity index (χ0n) is 16.5. The van der Waals surface area contributed by atoms with Gasteiger partial charge in [-0.05, 0) is 12.5 Å². The van der Waals surface area contributed by atoms with Crippen molar-refractivity contribution in [1.29, 1.82) is 0 Å². The molecule has 0 bridgehead atoms. The van der Waals surface area contributed by atoms with Crippen molar-refractivity contribution in [2.75, 3.05) is 6.54 Å². The van der Waals surface area contributed by atoms with Gasteiger partial charge in [0.15, 0.2) is 11.4 Å². The molecule has 1 aromatic carbocycles. The van der Waals surface area contributed by atoms with Crippen LogP contribution < -0.4 is 15.5 Å². The summed E-state index contributed by atoms with van der Waals surface area (Å²) in [5.41, 5.74) is 0.836. The molecule has 1 amide bonds. The summed E-state index contributed by atoms with van der Waals surface area (Å²) in [6.07, 6.45) is 2.35. The second-order valence-corrected chi connectivity index (χ2v) is 7.30. The number of nitrogens with zero attached hydrogens (tertiary/aromatic N) is 4. The Bertz CT molecular complexity index is 1090. The van der Waals surface area contributed by atoms with Gasteiger partial charge in [-0.25, -0.2) is 0 Å². The molecule has 0 radical (unpaired) electrons. The predicted molar refractivity (Wildman–Crippen MR) is 107 cm³/mol. The van der Waals surface area contributed by atoms with Crippen LogP contribution in [0, 0.1) is 12.8 Å². The minimum atomic E-state index is -0.326. The number of hydrogen-bond donors (Lipinski definition) is 1. The number of fused-ring (bicyclic) bond motifs is 1. The molecule has 150 valence electrons. The first kappa shape index (κ1) is 18.9. The van der Waals surface area contributed by atoms with Crippen molar-refractivity contribution >= 4 is 5.91 Å². The summed E-state index contributed by atoms with van der Waals surface area (Å²) in [6.45, 7) is 3.41. The lowest BCUT2D eigenvalue weighted by Gasteiger charge is -2.16. The lowest BCUT2D eigenvalue weighted by molar-refractivity contribution is 0.0932. The average molecular weight is 393 g/mol. The monoisotopic (exact) mass is 393 g/mol. The Morgan fingerprint density at radius 2 is 2.03 bits per heavy atom. The number of ether oxygens (including phenoxy) is 1. The molecule has 1 aliphatic heterocycles. The number of carbonyl (C=O) groups is 1. The quantitative estimate of drug-likeness (QED) is 0.685. The van der Waals surface area contributed by atoms with Gasteiger partial charge in [0.1, 0.15) is 18.3 Å². The lowest BCUT2D eigenvalue weighted by Crippen LogP contribution is -2.33. The Labute approximate surface area is 168 Å². The molecule has 1 aliphatic rings. The Morgan fingerprint density at radius 3 is 2.79 bits per heavy atom. The van der Waals surface area contributed by atoms with Crippen LogP contribution in [0.4, 0.5) is 0 Å². The second-order valence-electron chi connectivity index (χ2n) is 7.30. The lowest BCUT2D eigenvalue weighted by atomic mass is 10.1. The number of aryl methyl sites for hydroxylation is 2. The zero-order valence-corrected chi connectivity index (χ0v) is 16.5. The molecule has 0 aliphatic carbocycles. The van der Waals surface area contributed by atoms with Gasteiger partial charge in [0.2, 0.25) is 5.43 Å². The molecule has 3 heterocycles. The van der Waals surface area contributed by atoms with E-state index in [-0.39, 0.29) is 35.3 Å². The van der Waals surface area contributed by atoms with Crippen molar-refractivity contribution in [3.05, 3.63) is 75.7 Å². The second kappa shape index (κ2) is 7.90. The third-order valence-electron chi connectivity index (χ3n) is 5.16. The summed E-state index contributed by atoms with van der Waals surface area (Å²) in [5, 5.41) is 11.2. The highest BCUT2D eigenvalue weighted by atomic mass is 16.5. The fraction of sp³-hybridized carbons (Fsp3) is 0.333. The third-order valence-corrected chi connectivity index (χ3v) is 5.16. The minimum absolute atomic E-state index is 0.0655. The zero-order chi connectivity index (χ0) is 20.4. The minimum Gasteiger partial charge on any atom is -0.483 e. The molecular formula is C21H23N5O3. The van der Waals surface area contributed by atoms with Crippen molar-refractivity contribution < 1.29 is 9.53 Å². The molecule has 0 fully saturated rings. The molecule has 0 saturated heterocycles. The summed E-state index contributed by atoms with van der Waals surface area (Å²) >= 11 is 0. The van der Waals surface area contributed by atoms with E-state index < -0.39 is 0 Å². The maximum atomic E-state index is 12.9. The number of nitrogens with one attached hydrogen (secondary N) is 1.